The molecule has 4 nitrogen and oxygen atoms in total. The van der Waals surface area contributed by atoms with E-state index >= 15 is 0 Å². The fraction of sp³-hybridized carbons (Fsp3) is 1.00. The summed E-state index contributed by atoms with van der Waals surface area (Å²) < 4.78 is 32.9. The van der Waals surface area contributed by atoms with Crippen molar-refractivity contribution in [2.45, 2.75) is 110 Å². The van der Waals surface area contributed by atoms with E-state index in [0.29, 0.717) is 0 Å². The lowest BCUT2D eigenvalue weighted by Crippen LogP contribution is -2.12. The van der Waals surface area contributed by atoms with E-state index in [-0.39, 0.29) is 13.2 Å². The smallest absolute Gasteiger partial charge is 0.248 e. The quantitative estimate of drug-likeness (QED) is 0.258. The summed E-state index contributed by atoms with van der Waals surface area (Å²) >= 11 is 0. The van der Waals surface area contributed by atoms with Crippen LogP contribution in [0.2, 0.25) is 0 Å². The van der Waals surface area contributed by atoms with E-state index in [1.165, 1.54) is 57.8 Å². The number of unbranched alkanes of at least 4 members (excludes halogenated alkanes) is 13. The summed E-state index contributed by atoms with van der Waals surface area (Å²) in [6.45, 7) is 4.90. The van der Waals surface area contributed by atoms with Crippen LogP contribution in [0, 0.1) is 0 Å². The zero-order valence-electron chi connectivity index (χ0n) is 16.1. The maximum absolute atomic E-state index is 11.6. The Labute approximate surface area is 151 Å². The number of rotatable bonds is 19. The molecule has 0 fully saturated rings. The lowest BCUT2D eigenvalue weighted by atomic mass is 10.1. The molecular formula is C19H40O4S. The first-order valence-corrected chi connectivity index (χ1v) is 11.5. The van der Waals surface area contributed by atoms with Crippen molar-refractivity contribution in [2.24, 2.45) is 0 Å². The van der Waals surface area contributed by atoms with Crippen molar-refractivity contribution in [3.63, 3.8) is 0 Å². The third-order valence-corrected chi connectivity index (χ3v) is 5.11. The van der Waals surface area contributed by atoms with Gasteiger partial charge in [-0.15, -0.1) is 0 Å². The first-order valence-electron chi connectivity index (χ1n) is 10.2. The van der Waals surface area contributed by atoms with Gasteiger partial charge < -0.3 is 0 Å². The van der Waals surface area contributed by atoms with Crippen molar-refractivity contribution in [1.29, 1.82) is 0 Å². The number of hydrogen-bond acceptors (Lipinski definition) is 4. The van der Waals surface area contributed by atoms with E-state index in [1.807, 2.05) is 0 Å². The van der Waals surface area contributed by atoms with Gasteiger partial charge in [-0.25, -0.2) is 8.37 Å². The first kappa shape index (κ1) is 23.9. The summed E-state index contributed by atoms with van der Waals surface area (Å²) in [4.78, 5) is 0. The van der Waals surface area contributed by atoms with Crippen molar-refractivity contribution in [2.75, 3.05) is 13.2 Å². The van der Waals surface area contributed by atoms with Gasteiger partial charge in [-0.05, 0) is 12.8 Å². The summed E-state index contributed by atoms with van der Waals surface area (Å²) in [5.41, 5.74) is 0. The van der Waals surface area contributed by atoms with E-state index in [2.05, 4.69) is 13.8 Å². The molecule has 5 heteroatoms. The van der Waals surface area contributed by atoms with Crippen molar-refractivity contribution in [1.82, 2.24) is 0 Å². The third kappa shape index (κ3) is 18.2. The predicted octanol–water partition coefficient (Wildman–Crippen LogP) is 6.16. The Morgan fingerprint density at radius 2 is 0.792 bits per heavy atom. The summed E-state index contributed by atoms with van der Waals surface area (Å²) in [5, 5.41) is 0. The van der Waals surface area contributed by atoms with Gasteiger partial charge in [0.1, 0.15) is 0 Å². The van der Waals surface area contributed by atoms with Crippen molar-refractivity contribution in [3.05, 3.63) is 0 Å². The fourth-order valence-corrected chi connectivity index (χ4v) is 3.36. The summed E-state index contributed by atoms with van der Waals surface area (Å²) in [6.07, 6.45) is 17.4. The standard InChI is InChI=1S/C19H40O4S/c1-3-5-7-9-11-12-13-15-17-19-23-24(20,21)22-18-16-14-10-8-6-4-2/h3-19H2,1-2H3. The second kappa shape index (κ2) is 17.7. The Kier molecular flexibility index (Phi) is 17.6. The molecule has 0 aromatic heterocycles. The van der Waals surface area contributed by atoms with Crippen LogP contribution in [0.15, 0.2) is 0 Å². The zero-order chi connectivity index (χ0) is 17.9. The molecule has 0 bridgehead atoms. The van der Waals surface area contributed by atoms with Crippen LogP contribution in [0.3, 0.4) is 0 Å². The van der Waals surface area contributed by atoms with Crippen LogP contribution in [0.4, 0.5) is 0 Å². The number of hydrogen-bond donors (Lipinski definition) is 0. The Morgan fingerprint density at radius 3 is 1.12 bits per heavy atom. The van der Waals surface area contributed by atoms with Crippen LogP contribution in [0.25, 0.3) is 0 Å². The molecule has 0 radical (unpaired) electrons. The molecule has 0 atom stereocenters. The molecule has 0 N–H and O–H groups in total. The van der Waals surface area contributed by atoms with Gasteiger partial charge in [0.15, 0.2) is 0 Å². The normalized spacial score (nSPS) is 11.9. The van der Waals surface area contributed by atoms with Gasteiger partial charge in [-0.3, -0.25) is 0 Å². The Bertz CT molecular complexity index is 341. The minimum atomic E-state index is -3.79. The van der Waals surface area contributed by atoms with Gasteiger partial charge in [-0.2, -0.15) is 8.42 Å². The molecule has 0 aliphatic rings. The predicted molar refractivity (Wildman–Crippen MR) is 101 cm³/mol. The van der Waals surface area contributed by atoms with Gasteiger partial charge >= 0.3 is 10.4 Å². The molecule has 0 saturated carbocycles. The molecule has 0 spiro atoms. The Hall–Kier alpha value is -0.130. The maximum atomic E-state index is 11.6. The molecule has 146 valence electrons. The minimum Gasteiger partial charge on any atom is -0.248 e. The lowest BCUT2D eigenvalue weighted by molar-refractivity contribution is 0.208. The molecule has 0 aromatic rings. The van der Waals surface area contributed by atoms with Crippen molar-refractivity contribution in [3.8, 4) is 0 Å². The van der Waals surface area contributed by atoms with Gasteiger partial charge in [0, 0.05) is 0 Å². The highest BCUT2D eigenvalue weighted by molar-refractivity contribution is 7.81. The van der Waals surface area contributed by atoms with Crippen LogP contribution in [0.5, 0.6) is 0 Å². The molecule has 24 heavy (non-hydrogen) atoms. The first-order chi connectivity index (χ1) is 11.6. The molecule has 0 amide bonds. The summed E-state index contributed by atoms with van der Waals surface area (Å²) in [7, 11) is -3.79. The largest absolute Gasteiger partial charge is 0.399 e. The Balaban J connectivity index is 3.35. The van der Waals surface area contributed by atoms with Crippen LogP contribution >= 0.6 is 0 Å². The average molecular weight is 365 g/mol. The van der Waals surface area contributed by atoms with Crippen LogP contribution in [0.1, 0.15) is 110 Å². The average Bonchev–Trinajstić information content (AvgIpc) is 2.55. The van der Waals surface area contributed by atoms with E-state index < -0.39 is 10.4 Å². The van der Waals surface area contributed by atoms with Gasteiger partial charge in [0.05, 0.1) is 13.2 Å². The maximum Gasteiger partial charge on any atom is 0.399 e. The third-order valence-electron chi connectivity index (χ3n) is 4.20. The molecule has 0 aliphatic heterocycles. The van der Waals surface area contributed by atoms with Crippen LogP contribution < -0.4 is 0 Å². The van der Waals surface area contributed by atoms with Gasteiger partial charge in [0.2, 0.25) is 0 Å². The second-order valence-corrected chi connectivity index (χ2v) is 7.94. The lowest BCUT2D eigenvalue weighted by Gasteiger charge is -2.06. The molecule has 0 heterocycles. The second-order valence-electron chi connectivity index (χ2n) is 6.65. The minimum absolute atomic E-state index is 0.242. The molecule has 0 aliphatic carbocycles. The summed E-state index contributed by atoms with van der Waals surface area (Å²) in [5.74, 6) is 0. The van der Waals surface area contributed by atoms with E-state index in [0.717, 1.165) is 38.5 Å². The Morgan fingerprint density at radius 1 is 0.500 bits per heavy atom. The van der Waals surface area contributed by atoms with Crippen molar-refractivity contribution >= 4 is 10.4 Å². The molecule has 0 aromatic carbocycles. The monoisotopic (exact) mass is 364 g/mol. The fourth-order valence-electron chi connectivity index (χ4n) is 2.65. The zero-order valence-corrected chi connectivity index (χ0v) is 16.9. The highest BCUT2D eigenvalue weighted by Gasteiger charge is 2.10. The van der Waals surface area contributed by atoms with Gasteiger partial charge in [-0.1, -0.05) is 97.3 Å². The van der Waals surface area contributed by atoms with E-state index in [1.54, 1.807) is 0 Å². The topological polar surface area (TPSA) is 52.6 Å². The van der Waals surface area contributed by atoms with E-state index in [4.69, 9.17) is 8.37 Å². The van der Waals surface area contributed by atoms with Gasteiger partial charge in [0.25, 0.3) is 0 Å². The summed E-state index contributed by atoms with van der Waals surface area (Å²) in [6, 6.07) is 0. The molecular weight excluding hydrogens is 324 g/mol. The van der Waals surface area contributed by atoms with Crippen LogP contribution in [-0.2, 0) is 18.8 Å². The molecule has 0 rings (SSSR count). The van der Waals surface area contributed by atoms with Crippen molar-refractivity contribution < 1.29 is 16.8 Å². The SMILES string of the molecule is CCCCCCCCCCCOS(=O)(=O)OCCCCCCCC. The highest BCUT2D eigenvalue weighted by Crippen LogP contribution is 2.10. The van der Waals surface area contributed by atoms with Crippen LogP contribution in [-0.4, -0.2) is 21.6 Å². The molecule has 0 unspecified atom stereocenters. The van der Waals surface area contributed by atoms with E-state index in [9.17, 15) is 8.42 Å². The molecule has 0 saturated heterocycles. The highest BCUT2D eigenvalue weighted by atomic mass is 32.3.